The van der Waals surface area contributed by atoms with Gasteiger partial charge in [-0.25, -0.2) is 5.84 Å². The minimum absolute atomic E-state index is 0.270. The Morgan fingerprint density at radius 1 is 1.67 bits per heavy atom. The van der Waals surface area contributed by atoms with E-state index in [1.165, 1.54) is 11.5 Å². The summed E-state index contributed by atoms with van der Waals surface area (Å²) in [5.74, 6) is 5.31. The third-order valence-corrected chi connectivity index (χ3v) is 2.73. The van der Waals surface area contributed by atoms with Gasteiger partial charge in [-0.2, -0.15) is 0 Å². The molecule has 0 radical (unpaired) electrons. The zero-order valence-corrected chi connectivity index (χ0v) is 9.79. The Labute approximate surface area is 93.2 Å². The van der Waals surface area contributed by atoms with Crippen molar-refractivity contribution in [3.63, 3.8) is 0 Å². The van der Waals surface area contributed by atoms with Gasteiger partial charge in [-0.05, 0) is 20.4 Å². The van der Waals surface area contributed by atoms with Gasteiger partial charge in [0.25, 0.3) is 0 Å². The van der Waals surface area contributed by atoms with Crippen LogP contribution < -0.4 is 11.3 Å². The molecule has 0 fully saturated rings. The largest absolute Gasteiger partial charge is 0.393 e. The highest BCUT2D eigenvalue weighted by molar-refractivity contribution is 7.10. The molecule has 1 heterocycles. The zero-order chi connectivity index (χ0) is 11.3. The van der Waals surface area contributed by atoms with Crippen LogP contribution in [0.25, 0.3) is 0 Å². The number of aliphatic hydroxyl groups excluding tert-OH is 1. The summed E-state index contributed by atoms with van der Waals surface area (Å²) in [6.07, 6.45) is 0.479. The van der Waals surface area contributed by atoms with Gasteiger partial charge < -0.3 is 15.4 Å². The van der Waals surface area contributed by atoms with Crippen LogP contribution in [0.15, 0.2) is 0 Å². The monoisotopic (exact) mass is 231 g/mol. The normalized spacial score (nSPS) is 13.1. The summed E-state index contributed by atoms with van der Waals surface area (Å²) in [4.78, 5) is 2.07. The highest BCUT2D eigenvalue weighted by Gasteiger charge is 2.09. The minimum atomic E-state index is -0.270. The molecule has 15 heavy (non-hydrogen) atoms. The van der Waals surface area contributed by atoms with Gasteiger partial charge in [0.2, 0.25) is 0 Å². The maximum Gasteiger partial charge on any atom is 0.148 e. The topological polar surface area (TPSA) is 87.3 Å². The summed E-state index contributed by atoms with van der Waals surface area (Å²) in [5, 5.41) is 13.9. The third-order valence-electron chi connectivity index (χ3n) is 2.04. The van der Waals surface area contributed by atoms with Crippen molar-refractivity contribution in [1.29, 1.82) is 0 Å². The lowest BCUT2D eigenvalue weighted by atomic mass is 10.2. The summed E-state index contributed by atoms with van der Waals surface area (Å²) in [7, 11) is 1.97. The number of nitrogens with one attached hydrogen (secondary N) is 1. The average molecular weight is 231 g/mol. The van der Waals surface area contributed by atoms with E-state index >= 15 is 0 Å². The Balaban J connectivity index is 2.40. The number of aromatic nitrogens is 2. The molecule has 86 valence electrons. The molecule has 1 aromatic heterocycles. The van der Waals surface area contributed by atoms with Crippen molar-refractivity contribution in [2.45, 2.75) is 26.0 Å². The summed E-state index contributed by atoms with van der Waals surface area (Å²) in [6.45, 7) is 3.28. The molecule has 0 aliphatic heterocycles. The number of hydrogen-bond acceptors (Lipinski definition) is 7. The van der Waals surface area contributed by atoms with Gasteiger partial charge in [-0.15, -0.1) is 5.10 Å². The van der Waals surface area contributed by atoms with E-state index in [2.05, 4.69) is 19.9 Å². The van der Waals surface area contributed by atoms with E-state index in [0.717, 1.165) is 23.7 Å². The summed E-state index contributed by atoms with van der Waals surface area (Å²) in [6, 6.07) is 0. The second kappa shape index (κ2) is 5.96. The van der Waals surface area contributed by atoms with Crippen molar-refractivity contribution in [1.82, 2.24) is 14.5 Å². The first-order valence-corrected chi connectivity index (χ1v) is 5.55. The van der Waals surface area contributed by atoms with Crippen molar-refractivity contribution in [3.8, 4) is 0 Å². The molecule has 1 unspecified atom stereocenters. The molecule has 0 saturated heterocycles. The van der Waals surface area contributed by atoms with Gasteiger partial charge in [0.1, 0.15) is 10.7 Å². The standard InChI is InChI=1S/C8H17N5OS/c1-6(14)3-4-13(2)5-7-8(10-9)15-12-11-7/h6,10,14H,3-5,9H2,1-2H3. The van der Waals surface area contributed by atoms with Crippen LogP contribution in [0.3, 0.4) is 0 Å². The molecule has 0 spiro atoms. The van der Waals surface area contributed by atoms with E-state index in [9.17, 15) is 0 Å². The highest BCUT2D eigenvalue weighted by Crippen LogP contribution is 2.17. The number of nitrogens with zero attached hydrogens (tertiary/aromatic N) is 3. The van der Waals surface area contributed by atoms with Gasteiger partial charge >= 0.3 is 0 Å². The molecule has 1 atom stereocenters. The fraction of sp³-hybridized carbons (Fsp3) is 0.750. The Bertz CT molecular complexity index is 290. The average Bonchev–Trinajstić information content (AvgIpc) is 2.62. The lowest BCUT2D eigenvalue weighted by molar-refractivity contribution is 0.162. The number of hydrogen-bond donors (Lipinski definition) is 3. The van der Waals surface area contributed by atoms with E-state index in [4.69, 9.17) is 10.9 Å². The first kappa shape index (κ1) is 12.3. The second-order valence-electron chi connectivity index (χ2n) is 3.57. The molecule has 1 rings (SSSR count). The van der Waals surface area contributed by atoms with E-state index in [1.54, 1.807) is 6.92 Å². The van der Waals surface area contributed by atoms with Crippen molar-refractivity contribution < 1.29 is 5.11 Å². The fourth-order valence-electron chi connectivity index (χ4n) is 1.16. The number of rotatable bonds is 6. The van der Waals surface area contributed by atoms with Gasteiger partial charge in [0.05, 0.1) is 6.10 Å². The Hall–Kier alpha value is -0.760. The Morgan fingerprint density at radius 2 is 2.40 bits per heavy atom. The maximum absolute atomic E-state index is 9.14. The number of hydrazine groups is 1. The summed E-state index contributed by atoms with van der Waals surface area (Å²) >= 11 is 1.24. The van der Waals surface area contributed by atoms with E-state index in [-0.39, 0.29) is 6.10 Å². The predicted octanol–water partition coefficient (Wildman–Crippen LogP) is 0.0264. The molecule has 0 aliphatic carbocycles. The molecular formula is C8H17N5OS. The number of anilines is 1. The quantitative estimate of drug-likeness (QED) is 0.473. The van der Waals surface area contributed by atoms with Crippen LogP contribution in [-0.2, 0) is 6.54 Å². The van der Waals surface area contributed by atoms with Crippen LogP contribution in [-0.4, -0.2) is 39.3 Å². The van der Waals surface area contributed by atoms with Crippen LogP contribution in [0.1, 0.15) is 19.0 Å². The van der Waals surface area contributed by atoms with E-state index < -0.39 is 0 Å². The molecule has 6 nitrogen and oxygen atoms in total. The lowest BCUT2D eigenvalue weighted by Crippen LogP contribution is -2.23. The zero-order valence-electron chi connectivity index (χ0n) is 8.97. The van der Waals surface area contributed by atoms with Gasteiger partial charge in [-0.1, -0.05) is 4.49 Å². The Morgan fingerprint density at radius 3 is 3.00 bits per heavy atom. The van der Waals surface area contributed by atoms with Crippen molar-refractivity contribution in [2.75, 3.05) is 19.0 Å². The van der Waals surface area contributed by atoms with Crippen LogP contribution in [0.4, 0.5) is 5.00 Å². The smallest absolute Gasteiger partial charge is 0.148 e. The van der Waals surface area contributed by atoms with E-state index in [1.807, 2.05) is 7.05 Å². The molecule has 0 saturated carbocycles. The lowest BCUT2D eigenvalue weighted by Gasteiger charge is -2.16. The third kappa shape index (κ3) is 4.08. The van der Waals surface area contributed by atoms with Crippen LogP contribution >= 0.6 is 11.5 Å². The molecule has 0 bridgehead atoms. The molecule has 4 N–H and O–H groups in total. The minimum Gasteiger partial charge on any atom is -0.393 e. The maximum atomic E-state index is 9.14. The molecule has 1 aromatic rings. The van der Waals surface area contributed by atoms with Crippen LogP contribution in [0.2, 0.25) is 0 Å². The summed E-state index contributed by atoms with van der Waals surface area (Å²) in [5.41, 5.74) is 3.41. The second-order valence-corrected chi connectivity index (χ2v) is 4.32. The number of nitrogen functional groups attached to an aromatic ring is 1. The SMILES string of the molecule is CC(O)CCN(C)Cc1nnsc1NN. The first-order chi connectivity index (χ1) is 7.13. The first-order valence-electron chi connectivity index (χ1n) is 4.78. The van der Waals surface area contributed by atoms with Gasteiger partial charge in [-0.3, -0.25) is 0 Å². The highest BCUT2D eigenvalue weighted by atomic mass is 32.1. The van der Waals surface area contributed by atoms with Gasteiger partial charge in [0, 0.05) is 24.6 Å². The molecule has 0 amide bonds. The van der Waals surface area contributed by atoms with Crippen LogP contribution in [0, 0.1) is 0 Å². The molecule has 0 aliphatic rings. The number of nitrogens with two attached hydrogens (primary N) is 1. The Kier molecular flexibility index (Phi) is 4.89. The van der Waals surface area contributed by atoms with E-state index in [0.29, 0.717) is 6.54 Å². The molecule has 7 heteroatoms. The molecule has 0 aromatic carbocycles. The van der Waals surface area contributed by atoms with Crippen molar-refractivity contribution in [3.05, 3.63) is 5.69 Å². The van der Waals surface area contributed by atoms with Crippen LogP contribution in [0.5, 0.6) is 0 Å². The van der Waals surface area contributed by atoms with Crippen molar-refractivity contribution >= 4 is 16.5 Å². The number of aliphatic hydroxyl groups is 1. The predicted molar refractivity (Wildman–Crippen MR) is 60.4 cm³/mol. The van der Waals surface area contributed by atoms with Gasteiger partial charge in [0.15, 0.2) is 0 Å². The fourth-order valence-corrected chi connectivity index (χ4v) is 1.65. The summed E-state index contributed by atoms with van der Waals surface area (Å²) < 4.78 is 3.81. The molecular weight excluding hydrogens is 214 g/mol. The van der Waals surface area contributed by atoms with Crippen molar-refractivity contribution in [2.24, 2.45) is 5.84 Å².